The summed E-state index contributed by atoms with van der Waals surface area (Å²) in [5.74, 6) is 2.34. The standard InChI is InChI=1S/C16H15NO3/c1-9-3-4-11-10(7-9)14-15(17-11)12(18-2)8-13-16(14)20-6-5-19-13/h3-4,7-8,17H,5-6H2,1-2H3. The van der Waals surface area contributed by atoms with Gasteiger partial charge in [-0.25, -0.2) is 0 Å². The van der Waals surface area contributed by atoms with E-state index >= 15 is 0 Å². The van der Waals surface area contributed by atoms with Crippen molar-refractivity contribution in [2.45, 2.75) is 6.92 Å². The molecule has 4 heteroatoms. The second-order valence-electron chi connectivity index (χ2n) is 5.03. The van der Waals surface area contributed by atoms with Crippen LogP contribution in [0.5, 0.6) is 17.2 Å². The second kappa shape index (κ2) is 4.07. The molecule has 1 aliphatic rings. The Morgan fingerprint density at radius 3 is 2.85 bits per heavy atom. The maximum absolute atomic E-state index is 5.84. The third-order valence-corrected chi connectivity index (χ3v) is 3.72. The molecule has 0 amide bonds. The van der Waals surface area contributed by atoms with E-state index in [0.717, 1.165) is 39.1 Å². The number of ether oxygens (including phenoxy) is 3. The molecule has 0 spiro atoms. The summed E-state index contributed by atoms with van der Waals surface area (Å²) < 4.78 is 17.0. The molecule has 1 aromatic heterocycles. The van der Waals surface area contributed by atoms with Crippen molar-refractivity contribution in [1.82, 2.24) is 4.98 Å². The molecule has 1 aliphatic heterocycles. The molecule has 4 nitrogen and oxygen atoms in total. The maximum Gasteiger partial charge on any atom is 0.171 e. The smallest absolute Gasteiger partial charge is 0.171 e. The van der Waals surface area contributed by atoms with Crippen molar-refractivity contribution >= 4 is 21.8 Å². The zero-order chi connectivity index (χ0) is 13.7. The summed E-state index contributed by atoms with van der Waals surface area (Å²) in [7, 11) is 1.67. The Kier molecular flexibility index (Phi) is 2.33. The highest BCUT2D eigenvalue weighted by Crippen LogP contribution is 2.46. The summed E-state index contributed by atoms with van der Waals surface area (Å²) in [5, 5.41) is 2.18. The number of methoxy groups -OCH3 is 1. The molecule has 0 bridgehead atoms. The fourth-order valence-electron chi connectivity index (χ4n) is 2.81. The number of aromatic amines is 1. The molecule has 1 N–H and O–H groups in total. The molecule has 0 radical (unpaired) electrons. The zero-order valence-electron chi connectivity index (χ0n) is 11.4. The molecule has 3 aromatic rings. The topological polar surface area (TPSA) is 43.5 Å². The molecule has 0 saturated heterocycles. The number of aromatic nitrogens is 1. The summed E-state index contributed by atoms with van der Waals surface area (Å²) >= 11 is 0. The molecule has 0 aliphatic carbocycles. The van der Waals surface area contributed by atoms with Crippen molar-refractivity contribution in [3.63, 3.8) is 0 Å². The van der Waals surface area contributed by atoms with E-state index in [0.29, 0.717) is 13.2 Å². The highest BCUT2D eigenvalue weighted by Gasteiger charge is 2.22. The highest BCUT2D eigenvalue weighted by molar-refractivity contribution is 6.13. The molecule has 0 atom stereocenters. The second-order valence-corrected chi connectivity index (χ2v) is 5.03. The van der Waals surface area contributed by atoms with Gasteiger partial charge in [0.1, 0.15) is 19.0 Å². The molecule has 2 heterocycles. The average molecular weight is 269 g/mol. The molecular weight excluding hydrogens is 254 g/mol. The minimum Gasteiger partial charge on any atom is -0.494 e. The van der Waals surface area contributed by atoms with E-state index in [2.05, 4.69) is 30.1 Å². The van der Waals surface area contributed by atoms with Crippen LogP contribution in [0, 0.1) is 6.92 Å². The van der Waals surface area contributed by atoms with Crippen molar-refractivity contribution in [2.75, 3.05) is 20.3 Å². The lowest BCUT2D eigenvalue weighted by Gasteiger charge is -2.20. The molecule has 2 aromatic carbocycles. The first-order chi connectivity index (χ1) is 9.78. The maximum atomic E-state index is 5.84. The van der Waals surface area contributed by atoms with Crippen molar-refractivity contribution in [3.8, 4) is 17.2 Å². The zero-order valence-corrected chi connectivity index (χ0v) is 11.4. The van der Waals surface area contributed by atoms with Gasteiger partial charge in [-0.3, -0.25) is 0 Å². The summed E-state index contributed by atoms with van der Waals surface area (Å²) in [6.07, 6.45) is 0. The first-order valence-corrected chi connectivity index (χ1v) is 6.66. The quantitative estimate of drug-likeness (QED) is 0.736. The molecule has 102 valence electrons. The van der Waals surface area contributed by atoms with Crippen LogP contribution in [0.2, 0.25) is 0 Å². The van der Waals surface area contributed by atoms with Gasteiger partial charge >= 0.3 is 0 Å². The SMILES string of the molecule is COc1cc2c(c3c1[nH]c1ccc(C)cc13)OCCO2. The predicted octanol–water partition coefficient (Wildman–Crippen LogP) is 3.41. The van der Waals surface area contributed by atoms with Gasteiger partial charge in [0.2, 0.25) is 0 Å². The first kappa shape index (κ1) is 11.5. The monoisotopic (exact) mass is 269 g/mol. The van der Waals surface area contributed by atoms with Gasteiger partial charge in [0.25, 0.3) is 0 Å². The van der Waals surface area contributed by atoms with Crippen LogP contribution in [0.1, 0.15) is 5.56 Å². The Balaban J connectivity index is 2.20. The van der Waals surface area contributed by atoms with E-state index < -0.39 is 0 Å². The summed E-state index contributed by atoms with van der Waals surface area (Å²) in [6, 6.07) is 8.22. The van der Waals surface area contributed by atoms with Gasteiger partial charge in [-0.1, -0.05) is 11.6 Å². The number of hydrogen-bond acceptors (Lipinski definition) is 3. The molecule has 0 fully saturated rings. The van der Waals surface area contributed by atoms with Crippen LogP contribution in [-0.2, 0) is 0 Å². The largest absolute Gasteiger partial charge is 0.494 e. The Labute approximate surface area is 116 Å². The van der Waals surface area contributed by atoms with E-state index in [9.17, 15) is 0 Å². The third-order valence-electron chi connectivity index (χ3n) is 3.72. The van der Waals surface area contributed by atoms with E-state index in [1.54, 1.807) is 7.11 Å². The minimum absolute atomic E-state index is 0.572. The number of rotatable bonds is 1. The van der Waals surface area contributed by atoms with Crippen LogP contribution in [-0.4, -0.2) is 25.3 Å². The van der Waals surface area contributed by atoms with E-state index in [4.69, 9.17) is 14.2 Å². The number of nitrogens with one attached hydrogen (secondary N) is 1. The van der Waals surface area contributed by atoms with Gasteiger partial charge in [0.05, 0.1) is 18.0 Å². The van der Waals surface area contributed by atoms with Crippen molar-refractivity contribution in [3.05, 3.63) is 29.8 Å². The normalized spacial score (nSPS) is 13.9. The third kappa shape index (κ3) is 1.48. The predicted molar refractivity (Wildman–Crippen MR) is 78.1 cm³/mol. The number of hydrogen-bond donors (Lipinski definition) is 1. The van der Waals surface area contributed by atoms with Gasteiger partial charge in [-0.05, 0) is 19.1 Å². The fraction of sp³-hybridized carbons (Fsp3) is 0.250. The lowest BCUT2D eigenvalue weighted by molar-refractivity contribution is 0.173. The molecule has 20 heavy (non-hydrogen) atoms. The lowest BCUT2D eigenvalue weighted by Crippen LogP contribution is -2.15. The summed E-state index contributed by atoms with van der Waals surface area (Å²) in [4.78, 5) is 3.41. The Morgan fingerprint density at radius 2 is 2.00 bits per heavy atom. The van der Waals surface area contributed by atoms with E-state index in [-0.39, 0.29) is 0 Å². The summed E-state index contributed by atoms with van der Waals surface area (Å²) in [6.45, 7) is 3.23. The van der Waals surface area contributed by atoms with Crippen LogP contribution >= 0.6 is 0 Å². The molecule has 4 rings (SSSR count). The van der Waals surface area contributed by atoms with Crippen molar-refractivity contribution < 1.29 is 14.2 Å². The van der Waals surface area contributed by atoms with E-state index in [1.807, 2.05) is 6.07 Å². The lowest BCUT2D eigenvalue weighted by atomic mass is 10.1. The van der Waals surface area contributed by atoms with Crippen LogP contribution in [0.4, 0.5) is 0 Å². The minimum atomic E-state index is 0.572. The Morgan fingerprint density at radius 1 is 1.15 bits per heavy atom. The van der Waals surface area contributed by atoms with Crippen LogP contribution in [0.3, 0.4) is 0 Å². The van der Waals surface area contributed by atoms with Gasteiger partial charge < -0.3 is 19.2 Å². The molecule has 0 unspecified atom stereocenters. The van der Waals surface area contributed by atoms with Crippen molar-refractivity contribution in [1.29, 1.82) is 0 Å². The van der Waals surface area contributed by atoms with Crippen LogP contribution in [0.25, 0.3) is 21.8 Å². The van der Waals surface area contributed by atoms with E-state index in [1.165, 1.54) is 5.56 Å². The van der Waals surface area contributed by atoms with Gasteiger partial charge in [-0.15, -0.1) is 0 Å². The van der Waals surface area contributed by atoms with Crippen molar-refractivity contribution in [2.24, 2.45) is 0 Å². The molecular formula is C16H15NO3. The first-order valence-electron chi connectivity index (χ1n) is 6.66. The Hall–Kier alpha value is -2.36. The van der Waals surface area contributed by atoms with Crippen LogP contribution < -0.4 is 14.2 Å². The fourth-order valence-corrected chi connectivity index (χ4v) is 2.81. The summed E-state index contributed by atoms with van der Waals surface area (Å²) in [5.41, 5.74) is 3.25. The average Bonchev–Trinajstić information content (AvgIpc) is 2.85. The molecule has 0 saturated carbocycles. The van der Waals surface area contributed by atoms with Gasteiger partial charge in [-0.2, -0.15) is 0 Å². The van der Waals surface area contributed by atoms with Gasteiger partial charge in [0, 0.05) is 17.0 Å². The van der Waals surface area contributed by atoms with Crippen LogP contribution in [0.15, 0.2) is 24.3 Å². The number of H-pyrrole nitrogens is 1. The number of fused-ring (bicyclic) bond motifs is 5. The Bertz CT molecular complexity index is 820. The number of benzene rings is 2. The number of aryl methyl sites for hydroxylation is 1. The van der Waals surface area contributed by atoms with Gasteiger partial charge in [0.15, 0.2) is 11.5 Å². The highest BCUT2D eigenvalue weighted by atomic mass is 16.6.